The number of aryl methyl sites for hydroxylation is 1. The summed E-state index contributed by atoms with van der Waals surface area (Å²) in [5, 5.41) is 0. The Bertz CT molecular complexity index is 473. The summed E-state index contributed by atoms with van der Waals surface area (Å²) in [6, 6.07) is 8.36. The third-order valence-electron chi connectivity index (χ3n) is 3.69. The number of rotatable bonds is 4. The Morgan fingerprint density at radius 3 is 2.22 bits per heavy atom. The fourth-order valence-corrected chi connectivity index (χ4v) is 3.34. The van der Waals surface area contributed by atoms with Gasteiger partial charge in [-0.2, -0.15) is 0 Å². The van der Waals surface area contributed by atoms with E-state index in [0.29, 0.717) is 12.3 Å². The molecule has 4 heteroatoms. The van der Waals surface area contributed by atoms with Crippen LogP contribution in [-0.4, -0.2) is 14.2 Å². The largest absolute Gasteiger partial charge is 0.232 e. The molecular formula is C14H19ClO2S. The van der Waals surface area contributed by atoms with Gasteiger partial charge in [-0.25, -0.2) is 8.42 Å². The number of hydrogen-bond acceptors (Lipinski definition) is 2. The number of halogens is 1. The molecule has 0 unspecified atom stereocenters. The molecule has 1 aliphatic rings. The van der Waals surface area contributed by atoms with Crippen molar-refractivity contribution >= 4 is 19.7 Å². The van der Waals surface area contributed by atoms with E-state index in [1.807, 2.05) is 12.1 Å². The van der Waals surface area contributed by atoms with Crippen LogP contribution in [0.4, 0.5) is 0 Å². The molecule has 1 aromatic rings. The first-order valence-corrected chi connectivity index (χ1v) is 9.03. The van der Waals surface area contributed by atoms with Gasteiger partial charge >= 0.3 is 0 Å². The predicted octanol–water partition coefficient (Wildman–Crippen LogP) is 3.85. The van der Waals surface area contributed by atoms with Crippen LogP contribution in [0.2, 0.25) is 0 Å². The second kappa shape index (κ2) is 6.07. The van der Waals surface area contributed by atoms with E-state index in [1.54, 1.807) is 0 Å². The minimum absolute atomic E-state index is 0.0112. The van der Waals surface area contributed by atoms with Gasteiger partial charge in [-0.05, 0) is 36.3 Å². The monoisotopic (exact) mass is 286 g/mol. The van der Waals surface area contributed by atoms with Crippen LogP contribution in [0.15, 0.2) is 24.3 Å². The molecule has 0 atom stereocenters. The topological polar surface area (TPSA) is 34.1 Å². The van der Waals surface area contributed by atoms with E-state index >= 15 is 0 Å². The Labute approximate surface area is 114 Å². The average Bonchev–Trinajstić information content (AvgIpc) is 2.37. The Hall–Kier alpha value is -0.540. The number of hydrogen-bond donors (Lipinski definition) is 0. The van der Waals surface area contributed by atoms with Gasteiger partial charge in [0.15, 0.2) is 0 Å². The smallest absolute Gasteiger partial charge is 0.212 e. The molecule has 0 spiro atoms. The van der Waals surface area contributed by atoms with Crippen molar-refractivity contribution in [2.75, 3.05) is 5.75 Å². The van der Waals surface area contributed by atoms with Gasteiger partial charge in [-0.1, -0.05) is 43.5 Å². The summed E-state index contributed by atoms with van der Waals surface area (Å²) in [4.78, 5) is 0. The number of benzene rings is 1. The molecule has 2 nitrogen and oxygen atoms in total. The van der Waals surface area contributed by atoms with Gasteiger partial charge in [0.25, 0.3) is 0 Å². The maximum atomic E-state index is 10.9. The summed E-state index contributed by atoms with van der Waals surface area (Å²) >= 11 is 0. The van der Waals surface area contributed by atoms with Gasteiger partial charge in [0.05, 0.1) is 5.75 Å². The minimum Gasteiger partial charge on any atom is -0.212 e. The van der Waals surface area contributed by atoms with Crippen LogP contribution in [0.5, 0.6) is 0 Å². The first kappa shape index (κ1) is 13.9. The molecule has 1 saturated carbocycles. The summed E-state index contributed by atoms with van der Waals surface area (Å²) in [6.07, 6.45) is 7.09. The molecule has 0 saturated heterocycles. The van der Waals surface area contributed by atoms with Crippen LogP contribution in [0.1, 0.15) is 49.1 Å². The third-order valence-corrected chi connectivity index (χ3v) is 4.85. The van der Waals surface area contributed by atoms with Gasteiger partial charge in [-0.3, -0.25) is 0 Å². The maximum Gasteiger partial charge on any atom is 0.232 e. The van der Waals surface area contributed by atoms with Crippen molar-refractivity contribution in [1.29, 1.82) is 0 Å². The van der Waals surface area contributed by atoms with Crippen molar-refractivity contribution in [3.63, 3.8) is 0 Å². The second-order valence-corrected chi connectivity index (χ2v) is 7.97. The lowest BCUT2D eigenvalue weighted by Crippen LogP contribution is -2.05. The van der Waals surface area contributed by atoms with Crippen LogP contribution >= 0.6 is 10.7 Å². The molecule has 1 aliphatic carbocycles. The van der Waals surface area contributed by atoms with E-state index < -0.39 is 9.05 Å². The van der Waals surface area contributed by atoms with Crippen LogP contribution in [-0.2, 0) is 15.5 Å². The summed E-state index contributed by atoms with van der Waals surface area (Å²) in [7, 11) is 1.83. The lowest BCUT2D eigenvalue weighted by atomic mass is 9.84. The molecular weight excluding hydrogens is 268 g/mol. The van der Waals surface area contributed by atoms with E-state index in [4.69, 9.17) is 10.7 Å². The molecule has 0 aliphatic heterocycles. The molecule has 1 aromatic carbocycles. The maximum absolute atomic E-state index is 10.9. The molecule has 0 heterocycles. The Balaban J connectivity index is 1.96. The molecule has 0 radical (unpaired) electrons. The van der Waals surface area contributed by atoms with Crippen molar-refractivity contribution in [1.82, 2.24) is 0 Å². The average molecular weight is 287 g/mol. The molecule has 0 bridgehead atoms. The molecule has 0 amide bonds. The fourth-order valence-electron chi connectivity index (χ4n) is 2.63. The summed E-state index contributed by atoms with van der Waals surface area (Å²) in [6.45, 7) is 0. The highest BCUT2D eigenvalue weighted by Crippen LogP contribution is 2.32. The van der Waals surface area contributed by atoms with Crippen molar-refractivity contribution in [3.05, 3.63) is 35.4 Å². The third kappa shape index (κ3) is 4.29. The van der Waals surface area contributed by atoms with E-state index in [1.165, 1.54) is 37.7 Å². The van der Waals surface area contributed by atoms with Gasteiger partial charge in [0, 0.05) is 10.7 Å². The second-order valence-electron chi connectivity index (χ2n) is 5.07. The van der Waals surface area contributed by atoms with Crippen molar-refractivity contribution in [3.8, 4) is 0 Å². The van der Waals surface area contributed by atoms with Crippen molar-refractivity contribution in [2.45, 2.75) is 44.4 Å². The summed E-state index contributed by atoms with van der Waals surface area (Å²) < 4.78 is 21.8. The quantitative estimate of drug-likeness (QED) is 0.788. The van der Waals surface area contributed by atoms with Gasteiger partial charge < -0.3 is 0 Å². The van der Waals surface area contributed by atoms with E-state index in [2.05, 4.69) is 12.1 Å². The normalized spacial score (nSPS) is 17.8. The zero-order chi connectivity index (χ0) is 13.0. The van der Waals surface area contributed by atoms with Gasteiger partial charge in [0.2, 0.25) is 9.05 Å². The zero-order valence-corrected chi connectivity index (χ0v) is 12.0. The highest BCUT2D eigenvalue weighted by Gasteiger charge is 2.15. The Kier molecular flexibility index (Phi) is 4.68. The van der Waals surface area contributed by atoms with Gasteiger partial charge in [-0.15, -0.1) is 0 Å². The van der Waals surface area contributed by atoms with Crippen LogP contribution in [0.3, 0.4) is 0 Å². The first-order chi connectivity index (χ1) is 8.54. The summed E-state index contributed by atoms with van der Waals surface area (Å²) in [5.41, 5.74) is 2.44. The molecule has 2 rings (SSSR count). The van der Waals surface area contributed by atoms with Crippen LogP contribution < -0.4 is 0 Å². The van der Waals surface area contributed by atoms with Crippen LogP contribution in [0, 0.1) is 0 Å². The molecule has 100 valence electrons. The SMILES string of the molecule is O=S(=O)(Cl)CCc1ccc(C2CCCCC2)cc1. The van der Waals surface area contributed by atoms with E-state index in [0.717, 1.165) is 5.56 Å². The lowest BCUT2D eigenvalue weighted by Gasteiger charge is -2.22. The molecule has 0 aromatic heterocycles. The predicted molar refractivity (Wildman–Crippen MR) is 75.6 cm³/mol. The Morgan fingerprint density at radius 2 is 1.67 bits per heavy atom. The van der Waals surface area contributed by atoms with E-state index in [9.17, 15) is 8.42 Å². The highest BCUT2D eigenvalue weighted by molar-refractivity contribution is 8.13. The minimum atomic E-state index is -3.38. The van der Waals surface area contributed by atoms with Crippen LogP contribution in [0.25, 0.3) is 0 Å². The van der Waals surface area contributed by atoms with E-state index in [-0.39, 0.29) is 5.75 Å². The van der Waals surface area contributed by atoms with Crippen molar-refractivity contribution in [2.24, 2.45) is 0 Å². The summed E-state index contributed by atoms with van der Waals surface area (Å²) in [5.74, 6) is 0.710. The highest BCUT2D eigenvalue weighted by atomic mass is 35.7. The fraction of sp³-hybridized carbons (Fsp3) is 0.571. The molecule has 1 fully saturated rings. The van der Waals surface area contributed by atoms with Gasteiger partial charge in [0.1, 0.15) is 0 Å². The molecule has 18 heavy (non-hydrogen) atoms. The standard InChI is InChI=1S/C14H19ClO2S/c15-18(16,17)11-10-12-6-8-14(9-7-12)13-4-2-1-3-5-13/h6-9,13H,1-5,10-11H2. The lowest BCUT2D eigenvalue weighted by molar-refractivity contribution is 0.443. The van der Waals surface area contributed by atoms with Crippen molar-refractivity contribution < 1.29 is 8.42 Å². The zero-order valence-electron chi connectivity index (χ0n) is 10.4. The molecule has 0 N–H and O–H groups in total. The Morgan fingerprint density at radius 1 is 1.06 bits per heavy atom. The first-order valence-electron chi connectivity index (χ1n) is 6.56.